The highest BCUT2D eigenvalue weighted by atomic mass is 35.6. The number of amides is 1. The molecule has 0 spiro atoms. The van der Waals surface area contributed by atoms with Crippen LogP contribution in [0.3, 0.4) is 0 Å². The highest BCUT2D eigenvalue weighted by Gasteiger charge is 2.34. The third-order valence-electron chi connectivity index (χ3n) is 3.66. The summed E-state index contributed by atoms with van der Waals surface area (Å²) in [7, 11) is 0. The zero-order valence-corrected chi connectivity index (χ0v) is 17.9. The van der Waals surface area contributed by atoms with Crippen LogP contribution in [0.25, 0.3) is 0 Å². The van der Waals surface area contributed by atoms with E-state index in [1.807, 2.05) is 30.3 Å². The van der Waals surface area contributed by atoms with Crippen LogP contribution in [0.4, 0.5) is 5.69 Å². The molecule has 2 rings (SSSR count). The summed E-state index contributed by atoms with van der Waals surface area (Å²) < 4.78 is -1.84. The Kier molecular flexibility index (Phi) is 8.07. The van der Waals surface area contributed by atoms with E-state index >= 15 is 0 Å². The maximum atomic E-state index is 12.3. The van der Waals surface area contributed by atoms with Crippen LogP contribution in [0.2, 0.25) is 0 Å². The molecule has 148 valence electrons. The lowest BCUT2D eigenvalue weighted by Gasteiger charge is -2.27. The molecule has 9 heteroatoms. The molecule has 0 saturated heterocycles. The van der Waals surface area contributed by atoms with Crippen molar-refractivity contribution >= 4 is 69.5 Å². The van der Waals surface area contributed by atoms with Crippen LogP contribution in [0.1, 0.15) is 22.8 Å². The van der Waals surface area contributed by atoms with Crippen LogP contribution in [0, 0.1) is 0 Å². The Balaban J connectivity index is 1.98. The Morgan fingerprint density at radius 2 is 1.61 bits per heavy atom. The molecule has 0 aromatic heterocycles. The van der Waals surface area contributed by atoms with Gasteiger partial charge in [-0.1, -0.05) is 65.1 Å². The fraction of sp³-hybridized carbons (Fsp3) is 0.211. The molecule has 2 aromatic carbocycles. The van der Waals surface area contributed by atoms with Gasteiger partial charge in [0.15, 0.2) is 10.9 Å². The number of carbonyl (C=O) groups excluding carboxylic acids is 2. The number of nitrogens with one attached hydrogen (secondary N) is 3. The number of Topliss-reactive ketones (excluding diaryl/α,β-unsaturated/α-hetero) is 1. The summed E-state index contributed by atoms with van der Waals surface area (Å²) in [6, 6.07) is 15.9. The average Bonchev–Trinajstić information content (AvgIpc) is 2.61. The fourth-order valence-corrected chi connectivity index (χ4v) is 2.84. The van der Waals surface area contributed by atoms with Crippen molar-refractivity contribution in [2.45, 2.75) is 23.3 Å². The largest absolute Gasteiger partial charge is 0.339 e. The third-order valence-corrected chi connectivity index (χ3v) is 4.54. The maximum Gasteiger partial charge on any atom is 0.228 e. The van der Waals surface area contributed by atoms with Crippen molar-refractivity contribution in [1.29, 1.82) is 0 Å². The second-order valence-corrected chi connectivity index (χ2v) is 8.71. The summed E-state index contributed by atoms with van der Waals surface area (Å²) in [6.07, 6.45) is -0.919. The number of anilines is 1. The first-order chi connectivity index (χ1) is 13.1. The van der Waals surface area contributed by atoms with E-state index in [0.717, 1.165) is 5.56 Å². The number of halogens is 3. The van der Waals surface area contributed by atoms with Gasteiger partial charge in [0.2, 0.25) is 9.70 Å². The minimum atomic E-state index is -1.84. The van der Waals surface area contributed by atoms with Crippen molar-refractivity contribution in [2.24, 2.45) is 0 Å². The number of hydrogen-bond donors (Lipinski definition) is 3. The number of thiocarbonyl (C=S) groups is 1. The first kappa shape index (κ1) is 22.4. The molecule has 0 aliphatic heterocycles. The van der Waals surface area contributed by atoms with Gasteiger partial charge in [0.25, 0.3) is 0 Å². The third kappa shape index (κ3) is 7.28. The van der Waals surface area contributed by atoms with Gasteiger partial charge in [0, 0.05) is 11.3 Å². The van der Waals surface area contributed by atoms with Crippen molar-refractivity contribution in [2.75, 3.05) is 5.32 Å². The van der Waals surface area contributed by atoms with E-state index in [2.05, 4.69) is 16.0 Å². The molecule has 0 aliphatic carbocycles. The van der Waals surface area contributed by atoms with E-state index in [-0.39, 0.29) is 23.2 Å². The Labute approximate surface area is 183 Å². The van der Waals surface area contributed by atoms with Gasteiger partial charge in [-0.3, -0.25) is 9.59 Å². The Morgan fingerprint density at radius 3 is 2.14 bits per heavy atom. The molecule has 3 N–H and O–H groups in total. The lowest BCUT2D eigenvalue weighted by Crippen LogP contribution is -2.56. The van der Waals surface area contributed by atoms with Crippen LogP contribution in [0.15, 0.2) is 54.6 Å². The predicted molar refractivity (Wildman–Crippen MR) is 118 cm³/mol. The van der Waals surface area contributed by atoms with Gasteiger partial charge in [-0.05, 0) is 49.0 Å². The van der Waals surface area contributed by atoms with Gasteiger partial charge < -0.3 is 16.0 Å². The molecule has 2 aromatic rings. The van der Waals surface area contributed by atoms with E-state index in [1.54, 1.807) is 24.3 Å². The molecule has 1 atom stereocenters. The van der Waals surface area contributed by atoms with Crippen LogP contribution in [-0.4, -0.2) is 26.8 Å². The SMILES string of the molecule is CC(=O)c1ccc(NC(=S)N[C@H](NC(=O)Cc2ccccc2)C(Cl)(Cl)Cl)cc1. The van der Waals surface area contributed by atoms with Crippen LogP contribution in [-0.2, 0) is 11.2 Å². The number of benzene rings is 2. The lowest BCUT2D eigenvalue weighted by molar-refractivity contribution is -0.121. The van der Waals surface area contributed by atoms with E-state index < -0.39 is 9.96 Å². The number of hydrogen-bond acceptors (Lipinski definition) is 3. The summed E-state index contributed by atoms with van der Waals surface area (Å²) >= 11 is 23.2. The first-order valence-corrected chi connectivity index (χ1v) is 9.78. The standard InChI is InChI=1S/C19H18Cl3N3O2S/c1-12(26)14-7-9-15(10-8-14)23-18(28)25-17(19(20,21)22)24-16(27)11-13-5-3-2-4-6-13/h2-10,17H,11H2,1H3,(H,24,27)(H2,23,25,28)/t17-/m0/s1. The monoisotopic (exact) mass is 457 g/mol. The van der Waals surface area contributed by atoms with E-state index in [1.165, 1.54) is 6.92 Å². The van der Waals surface area contributed by atoms with Gasteiger partial charge >= 0.3 is 0 Å². The van der Waals surface area contributed by atoms with Crippen LogP contribution < -0.4 is 16.0 Å². The molecule has 0 radical (unpaired) electrons. The molecule has 1 amide bonds. The predicted octanol–water partition coefficient (Wildman–Crippen LogP) is 4.23. The summed E-state index contributed by atoms with van der Waals surface area (Å²) in [4.78, 5) is 23.6. The van der Waals surface area contributed by atoms with Gasteiger partial charge in [-0.2, -0.15) is 0 Å². The van der Waals surface area contributed by atoms with Crippen LogP contribution >= 0.6 is 47.0 Å². The number of alkyl halides is 3. The smallest absolute Gasteiger partial charge is 0.228 e. The summed E-state index contributed by atoms with van der Waals surface area (Å²) in [5, 5.41) is 8.47. The molecule has 0 heterocycles. The Bertz CT molecular complexity index is 840. The van der Waals surface area contributed by atoms with Crippen LogP contribution in [0.5, 0.6) is 0 Å². The molecule has 0 unspecified atom stereocenters. The maximum absolute atomic E-state index is 12.3. The second-order valence-electron chi connectivity index (χ2n) is 5.94. The number of carbonyl (C=O) groups is 2. The van der Waals surface area contributed by atoms with Crippen molar-refractivity contribution < 1.29 is 9.59 Å². The van der Waals surface area contributed by atoms with Crippen molar-refractivity contribution in [3.63, 3.8) is 0 Å². The van der Waals surface area contributed by atoms with Gasteiger partial charge in [-0.25, -0.2) is 0 Å². The molecular weight excluding hydrogens is 441 g/mol. The van der Waals surface area contributed by atoms with E-state index in [4.69, 9.17) is 47.0 Å². The van der Waals surface area contributed by atoms with Gasteiger partial charge in [0.05, 0.1) is 6.42 Å². The summed E-state index contributed by atoms with van der Waals surface area (Å²) in [5.74, 6) is -0.367. The lowest BCUT2D eigenvalue weighted by atomic mass is 10.1. The van der Waals surface area contributed by atoms with Gasteiger partial charge in [0.1, 0.15) is 6.17 Å². The molecule has 0 bridgehead atoms. The van der Waals surface area contributed by atoms with Gasteiger partial charge in [-0.15, -0.1) is 0 Å². The Hall–Kier alpha value is -1.86. The highest BCUT2D eigenvalue weighted by molar-refractivity contribution is 7.80. The highest BCUT2D eigenvalue weighted by Crippen LogP contribution is 2.29. The second kappa shape index (κ2) is 10.1. The zero-order valence-electron chi connectivity index (χ0n) is 14.8. The summed E-state index contributed by atoms with van der Waals surface area (Å²) in [6.45, 7) is 1.48. The Morgan fingerprint density at radius 1 is 1.00 bits per heavy atom. The number of ketones is 1. The fourth-order valence-electron chi connectivity index (χ4n) is 2.28. The van der Waals surface area contributed by atoms with E-state index in [0.29, 0.717) is 11.3 Å². The molecular formula is C19H18Cl3N3O2S. The summed E-state index contributed by atoms with van der Waals surface area (Å²) in [5.41, 5.74) is 2.05. The zero-order chi connectivity index (χ0) is 20.7. The van der Waals surface area contributed by atoms with Crippen molar-refractivity contribution in [3.8, 4) is 0 Å². The average molecular weight is 459 g/mol. The minimum absolute atomic E-state index is 0.0374. The topological polar surface area (TPSA) is 70.2 Å². The number of rotatable bonds is 6. The molecule has 0 saturated carbocycles. The quantitative estimate of drug-likeness (QED) is 0.261. The normalized spacial score (nSPS) is 12.0. The molecule has 5 nitrogen and oxygen atoms in total. The first-order valence-electron chi connectivity index (χ1n) is 8.23. The molecule has 28 heavy (non-hydrogen) atoms. The van der Waals surface area contributed by atoms with Crippen molar-refractivity contribution in [3.05, 3.63) is 65.7 Å². The van der Waals surface area contributed by atoms with Crippen molar-refractivity contribution in [1.82, 2.24) is 10.6 Å². The molecule has 0 fully saturated rings. The molecule has 0 aliphatic rings. The van der Waals surface area contributed by atoms with E-state index in [9.17, 15) is 9.59 Å². The minimum Gasteiger partial charge on any atom is -0.339 e.